The number of nitrogen functional groups attached to an aromatic ring is 1. The van der Waals surface area contributed by atoms with Gasteiger partial charge in [-0.15, -0.1) is 11.3 Å². The third-order valence-electron chi connectivity index (χ3n) is 2.77. The second kappa shape index (κ2) is 5.88. The Morgan fingerprint density at radius 3 is 3.00 bits per heavy atom. The summed E-state index contributed by atoms with van der Waals surface area (Å²) in [7, 11) is 0. The number of carbonyl (C=O) groups excluding carboxylic acids is 1. The van der Waals surface area contributed by atoms with E-state index in [2.05, 4.69) is 10.3 Å². The molecule has 2 rings (SSSR count). The Morgan fingerprint density at radius 2 is 2.37 bits per heavy atom. The zero-order valence-electron chi connectivity index (χ0n) is 11.1. The quantitative estimate of drug-likeness (QED) is 0.879. The van der Waals surface area contributed by atoms with Crippen LogP contribution >= 0.6 is 11.3 Å². The molecule has 0 aliphatic rings. The van der Waals surface area contributed by atoms with Crippen molar-refractivity contribution in [2.75, 3.05) is 12.3 Å². The summed E-state index contributed by atoms with van der Waals surface area (Å²) in [6.45, 7) is 4.62. The van der Waals surface area contributed by atoms with Gasteiger partial charge in [0.15, 0.2) is 0 Å². The Hall–Kier alpha value is -1.82. The van der Waals surface area contributed by atoms with Gasteiger partial charge in [0.2, 0.25) is 0 Å². The molecule has 0 aliphatic heterocycles. The van der Waals surface area contributed by atoms with Crippen molar-refractivity contribution >= 4 is 22.9 Å². The van der Waals surface area contributed by atoms with E-state index in [-0.39, 0.29) is 11.9 Å². The summed E-state index contributed by atoms with van der Waals surface area (Å²) < 4.78 is 1.88. The smallest absolute Gasteiger partial charge is 0.268 e. The molecule has 3 N–H and O–H groups in total. The lowest BCUT2D eigenvalue weighted by molar-refractivity contribution is 0.0943. The molecule has 102 valence electrons. The maximum absolute atomic E-state index is 12.1. The summed E-state index contributed by atoms with van der Waals surface area (Å²) in [5, 5.41) is 5.86. The Bertz CT molecular complexity index is 545. The molecule has 0 saturated heterocycles. The second-order valence-corrected chi connectivity index (χ2v) is 5.57. The molecule has 6 heteroatoms. The Labute approximate surface area is 116 Å². The molecule has 0 aliphatic carbocycles. The normalized spacial score (nSPS) is 10.9. The number of carbonyl (C=O) groups is 1. The van der Waals surface area contributed by atoms with Crippen LogP contribution in [0.25, 0.3) is 0 Å². The molecule has 0 radical (unpaired) electrons. The minimum absolute atomic E-state index is 0.0954. The highest BCUT2D eigenvalue weighted by Gasteiger charge is 2.14. The van der Waals surface area contributed by atoms with Gasteiger partial charge in [-0.2, -0.15) is 0 Å². The van der Waals surface area contributed by atoms with Gasteiger partial charge in [0.05, 0.1) is 10.7 Å². The number of rotatable bonds is 5. The molecule has 0 unspecified atom stereocenters. The summed E-state index contributed by atoms with van der Waals surface area (Å²) in [6.07, 6.45) is 4.31. The molecule has 0 spiro atoms. The maximum Gasteiger partial charge on any atom is 0.268 e. The molecular formula is C13H18N4OS. The third kappa shape index (κ3) is 3.35. The fourth-order valence-corrected chi connectivity index (χ4v) is 2.48. The lowest BCUT2D eigenvalue weighted by Crippen LogP contribution is -2.28. The first-order valence-electron chi connectivity index (χ1n) is 6.22. The third-order valence-corrected chi connectivity index (χ3v) is 3.61. The van der Waals surface area contributed by atoms with E-state index in [0.717, 1.165) is 11.4 Å². The number of anilines is 1. The van der Waals surface area contributed by atoms with Crippen molar-refractivity contribution in [2.24, 2.45) is 0 Å². The van der Waals surface area contributed by atoms with Crippen LogP contribution in [0.5, 0.6) is 0 Å². The number of nitrogens with two attached hydrogens (primary N) is 1. The predicted molar refractivity (Wildman–Crippen MR) is 77.4 cm³/mol. The molecule has 2 heterocycles. The Morgan fingerprint density at radius 1 is 1.58 bits per heavy atom. The summed E-state index contributed by atoms with van der Waals surface area (Å²) in [6, 6.07) is 1.91. The van der Waals surface area contributed by atoms with Gasteiger partial charge in [-0.05, 0) is 19.9 Å². The van der Waals surface area contributed by atoms with E-state index in [1.54, 1.807) is 29.8 Å². The van der Waals surface area contributed by atoms with Gasteiger partial charge in [0.25, 0.3) is 5.91 Å². The fraction of sp³-hybridized carbons (Fsp3) is 0.385. The van der Waals surface area contributed by atoms with Crippen molar-refractivity contribution < 1.29 is 4.79 Å². The van der Waals surface area contributed by atoms with Crippen molar-refractivity contribution in [1.29, 1.82) is 0 Å². The van der Waals surface area contributed by atoms with Gasteiger partial charge >= 0.3 is 0 Å². The van der Waals surface area contributed by atoms with E-state index >= 15 is 0 Å². The summed E-state index contributed by atoms with van der Waals surface area (Å²) in [4.78, 5) is 16.3. The van der Waals surface area contributed by atoms with Crippen LogP contribution in [0.2, 0.25) is 0 Å². The minimum Gasteiger partial charge on any atom is -0.397 e. The number of nitrogens with one attached hydrogen (secondary N) is 1. The number of nitrogens with zero attached hydrogens (tertiary/aromatic N) is 2. The van der Waals surface area contributed by atoms with E-state index in [4.69, 9.17) is 5.73 Å². The summed E-state index contributed by atoms with van der Waals surface area (Å²) >= 11 is 1.59. The van der Waals surface area contributed by atoms with Crippen molar-refractivity contribution in [3.8, 4) is 0 Å². The van der Waals surface area contributed by atoms with Crippen LogP contribution in [-0.4, -0.2) is 22.0 Å². The van der Waals surface area contributed by atoms with Gasteiger partial charge < -0.3 is 15.6 Å². The highest BCUT2D eigenvalue weighted by atomic mass is 32.1. The number of hydrogen-bond acceptors (Lipinski definition) is 4. The first kappa shape index (κ1) is 13.6. The predicted octanol–water partition coefficient (Wildman–Crippen LogP) is 2.08. The molecule has 0 aromatic carbocycles. The Kier molecular flexibility index (Phi) is 4.21. The molecule has 0 fully saturated rings. The first-order valence-corrected chi connectivity index (χ1v) is 7.10. The maximum atomic E-state index is 12.1. The minimum atomic E-state index is -0.0954. The topological polar surface area (TPSA) is 72.9 Å². The molecule has 2 aromatic heterocycles. The first-order chi connectivity index (χ1) is 9.08. The van der Waals surface area contributed by atoms with Crippen LogP contribution in [0.3, 0.4) is 0 Å². The number of aromatic nitrogens is 2. The molecular weight excluding hydrogens is 260 g/mol. The molecule has 0 saturated carbocycles. The lowest BCUT2D eigenvalue weighted by Gasteiger charge is -2.12. The van der Waals surface area contributed by atoms with E-state index in [1.165, 1.54) is 0 Å². The van der Waals surface area contributed by atoms with Crippen molar-refractivity contribution in [3.05, 3.63) is 34.5 Å². The molecule has 1 amide bonds. The summed E-state index contributed by atoms with van der Waals surface area (Å²) in [5.74, 6) is -0.0954. The lowest BCUT2D eigenvalue weighted by atomic mass is 10.3. The van der Waals surface area contributed by atoms with E-state index in [0.29, 0.717) is 17.9 Å². The van der Waals surface area contributed by atoms with Crippen molar-refractivity contribution in [3.63, 3.8) is 0 Å². The van der Waals surface area contributed by atoms with Gasteiger partial charge in [-0.25, -0.2) is 4.98 Å². The SMILES string of the molecule is CC(C)n1cc(N)cc1C(=O)NCCc1nccs1. The zero-order chi connectivity index (χ0) is 13.8. The van der Waals surface area contributed by atoms with Crippen LogP contribution in [0, 0.1) is 0 Å². The molecule has 0 bridgehead atoms. The monoisotopic (exact) mass is 278 g/mol. The largest absolute Gasteiger partial charge is 0.397 e. The number of thiazole rings is 1. The molecule has 5 nitrogen and oxygen atoms in total. The van der Waals surface area contributed by atoms with E-state index in [9.17, 15) is 4.79 Å². The average molecular weight is 278 g/mol. The van der Waals surface area contributed by atoms with Crippen LogP contribution in [0.15, 0.2) is 23.8 Å². The van der Waals surface area contributed by atoms with Crippen molar-refractivity contribution in [1.82, 2.24) is 14.9 Å². The van der Waals surface area contributed by atoms with Gasteiger partial charge in [-0.1, -0.05) is 0 Å². The highest BCUT2D eigenvalue weighted by molar-refractivity contribution is 7.09. The van der Waals surface area contributed by atoms with Crippen LogP contribution < -0.4 is 11.1 Å². The van der Waals surface area contributed by atoms with Gasteiger partial charge in [-0.3, -0.25) is 4.79 Å². The van der Waals surface area contributed by atoms with Crippen LogP contribution in [-0.2, 0) is 6.42 Å². The van der Waals surface area contributed by atoms with Crippen LogP contribution in [0.1, 0.15) is 35.4 Å². The van der Waals surface area contributed by atoms with Crippen LogP contribution in [0.4, 0.5) is 5.69 Å². The van der Waals surface area contributed by atoms with Crippen molar-refractivity contribution in [2.45, 2.75) is 26.3 Å². The highest BCUT2D eigenvalue weighted by Crippen LogP contribution is 2.16. The summed E-state index contributed by atoms with van der Waals surface area (Å²) in [5.41, 5.74) is 6.97. The van der Waals surface area contributed by atoms with E-state index < -0.39 is 0 Å². The molecule has 19 heavy (non-hydrogen) atoms. The number of amides is 1. The standard InChI is InChI=1S/C13H18N4OS/c1-9(2)17-8-10(14)7-11(17)13(18)16-4-3-12-15-5-6-19-12/h5-9H,3-4,14H2,1-2H3,(H,16,18). The molecule has 2 aromatic rings. The average Bonchev–Trinajstić information content (AvgIpc) is 2.98. The fourth-order valence-electron chi connectivity index (χ4n) is 1.86. The van der Waals surface area contributed by atoms with Gasteiger partial charge in [0.1, 0.15) is 5.69 Å². The number of hydrogen-bond donors (Lipinski definition) is 2. The van der Waals surface area contributed by atoms with E-state index in [1.807, 2.05) is 23.8 Å². The Balaban J connectivity index is 1.96. The van der Waals surface area contributed by atoms with Gasteiger partial charge in [0, 0.05) is 36.8 Å². The molecule has 0 atom stereocenters. The zero-order valence-corrected chi connectivity index (χ0v) is 11.9. The second-order valence-electron chi connectivity index (χ2n) is 4.59.